The molecule has 0 unspecified atom stereocenters. The monoisotopic (exact) mass is 213 g/mol. The predicted molar refractivity (Wildman–Crippen MR) is 51.3 cm³/mol. The normalized spacial score (nSPS) is 9.21. The van der Waals surface area contributed by atoms with E-state index >= 15 is 0 Å². The SMILES string of the molecule is CC(=O)O.O=c1[nH]c2cncnc2s1. The maximum atomic E-state index is 10.7. The predicted octanol–water partition coefficient (Wildman–Crippen LogP) is 0.470. The first-order valence-electron chi connectivity index (χ1n) is 3.58. The summed E-state index contributed by atoms with van der Waals surface area (Å²) in [5.74, 6) is -0.833. The lowest BCUT2D eigenvalue weighted by atomic mass is 10.6. The van der Waals surface area contributed by atoms with Gasteiger partial charge >= 0.3 is 4.87 Å². The number of aromatic amines is 1. The van der Waals surface area contributed by atoms with Gasteiger partial charge in [0.15, 0.2) is 0 Å². The van der Waals surface area contributed by atoms with Crippen LogP contribution < -0.4 is 4.87 Å². The number of nitrogens with one attached hydrogen (secondary N) is 1. The molecule has 0 aliphatic rings. The number of fused-ring (bicyclic) bond motifs is 1. The fourth-order valence-corrected chi connectivity index (χ4v) is 1.36. The Balaban J connectivity index is 0.000000213. The molecule has 2 aromatic heterocycles. The van der Waals surface area contributed by atoms with Gasteiger partial charge in [-0.3, -0.25) is 9.59 Å². The standard InChI is InChI=1S/C5H3N3OS.C2H4O2/c9-5-8-3-1-6-2-7-4(3)10-5;1-2(3)4/h1-2H,(H,8,9);1H3,(H,3,4). The van der Waals surface area contributed by atoms with Crippen molar-refractivity contribution in [3.05, 3.63) is 22.2 Å². The lowest BCUT2D eigenvalue weighted by Crippen LogP contribution is -1.89. The molecule has 0 amide bonds. The van der Waals surface area contributed by atoms with Crippen LogP contribution in [0, 0.1) is 0 Å². The van der Waals surface area contributed by atoms with Crippen molar-refractivity contribution >= 4 is 27.7 Å². The number of nitrogens with zero attached hydrogens (tertiary/aromatic N) is 2. The molecule has 0 fully saturated rings. The molecule has 74 valence electrons. The minimum absolute atomic E-state index is 0.0875. The second-order valence-corrected chi connectivity index (χ2v) is 3.24. The van der Waals surface area contributed by atoms with Crippen LogP contribution in [0.25, 0.3) is 10.3 Å². The topological polar surface area (TPSA) is 95.9 Å². The van der Waals surface area contributed by atoms with Gasteiger partial charge in [0.1, 0.15) is 11.2 Å². The molecule has 2 rings (SSSR count). The van der Waals surface area contributed by atoms with Crippen LogP contribution in [0.2, 0.25) is 0 Å². The van der Waals surface area contributed by atoms with Gasteiger partial charge in [-0.25, -0.2) is 9.97 Å². The van der Waals surface area contributed by atoms with Gasteiger partial charge in [0, 0.05) is 6.92 Å². The summed E-state index contributed by atoms with van der Waals surface area (Å²) in [4.78, 5) is 30.5. The highest BCUT2D eigenvalue weighted by molar-refractivity contribution is 7.15. The Morgan fingerprint density at radius 1 is 1.64 bits per heavy atom. The van der Waals surface area contributed by atoms with E-state index in [1.165, 1.54) is 6.33 Å². The maximum Gasteiger partial charge on any atom is 0.307 e. The summed E-state index contributed by atoms with van der Waals surface area (Å²) in [6, 6.07) is 0. The summed E-state index contributed by atoms with van der Waals surface area (Å²) >= 11 is 1.09. The highest BCUT2D eigenvalue weighted by Gasteiger charge is 1.96. The summed E-state index contributed by atoms with van der Waals surface area (Å²) in [5.41, 5.74) is 0.706. The van der Waals surface area contributed by atoms with E-state index in [4.69, 9.17) is 9.90 Å². The molecule has 2 N–H and O–H groups in total. The zero-order valence-corrected chi connectivity index (χ0v) is 8.04. The van der Waals surface area contributed by atoms with Gasteiger partial charge in [-0.15, -0.1) is 0 Å². The Morgan fingerprint density at radius 3 is 2.86 bits per heavy atom. The zero-order valence-electron chi connectivity index (χ0n) is 7.22. The van der Waals surface area contributed by atoms with E-state index in [0.29, 0.717) is 10.3 Å². The third-order valence-electron chi connectivity index (χ3n) is 1.10. The number of carbonyl (C=O) groups is 1. The van der Waals surface area contributed by atoms with E-state index < -0.39 is 5.97 Å². The molecule has 0 saturated carbocycles. The maximum absolute atomic E-state index is 10.7. The summed E-state index contributed by atoms with van der Waals surface area (Å²) in [5, 5.41) is 7.42. The average Bonchev–Trinajstić information content (AvgIpc) is 2.42. The average molecular weight is 213 g/mol. The van der Waals surface area contributed by atoms with Crippen LogP contribution >= 0.6 is 11.3 Å². The van der Waals surface area contributed by atoms with E-state index in [2.05, 4.69) is 15.0 Å². The quantitative estimate of drug-likeness (QED) is 0.663. The van der Waals surface area contributed by atoms with Crippen molar-refractivity contribution in [1.82, 2.24) is 15.0 Å². The van der Waals surface area contributed by atoms with Gasteiger partial charge in [0.25, 0.3) is 5.97 Å². The molecule has 6 nitrogen and oxygen atoms in total. The van der Waals surface area contributed by atoms with Crippen molar-refractivity contribution in [2.24, 2.45) is 0 Å². The number of hydrogen-bond donors (Lipinski definition) is 2. The number of thiazole rings is 1. The minimum Gasteiger partial charge on any atom is -0.481 e. The van der Waals surface area contributed by atoms with Gasteiger partial charge in [0.2, 0.25) is 0 Å². The summed E-state index contributed by atoms with van der Waals surface area (Å²) in [6.07, 6.45) is 3.01. The first-order valence-corrected chi connectivity index (χ1v) is 4.39. The summed E-state index contributed by atoms with van der Waals surface area (Å²) in [7, 11) is 0. The van der Waals surface area contributed by atoms with Gasteiger partial charge in [-0.2, -0.15) is 0 Å². The van der Waals surface area contributed by atoms with E-state index in [-0.39, 0.29) is 4.87 Å². The minimum atomic E-state index is -0.833. The Hall–Kier alpha value is -1.76. The number of carboxylic acid groups (broad SMARTS) is 1. The molecule has 0 bridgehead atoms. The molecule has 14 heavy (non-hydrogen) atoms. The molecule has 0 saturated heterocycles. The first-order chi connectivity index (χ1) is 6.59. The second-order valence-electron chi connectivity index (χ2n) is 2.28. The molecule has 0 radical (unpaired) electrons. The molecular weight excluding hydrogens is 206 g/mol. The molecular formula is C7H7N3O3S. The molecule has 7 heteroatoms. The Kier molecular flexibility index (Phi) is 3.29. The van der Waals surface area contributed by atoms with Gasteiger partial charge in [-0.1, -0.05) is 11.3 Å². The highest BCUT2D eigenvalue weighted by atomic mass is 32.1. The molecule has 0 aliphatic heterocycles. The molecule has 0 aromatic carbocycles. The van der Waals surface area contributed by atoms with Crippen LogP contribution in [0.3, 0.4) is 0 Å². The van der Waals surface area contributed by atoms with E-state index in [1.54, 1.807) is 6.20 Å². The number of aromatic nitrogens is 3. The lowest BCUT2D eigenvalue weighted by molar-refractivity contribution is -0.134. The Morgan fingerprint density at radius 2 is 2.29 bits per heavy atom. The van der Waals surface area contributed by atoms with E-state index in [0.717, 1.165) is 18.3 Å². The summed E-state index contributed by atoms with van der Waals surface area (Å²) < 4.78 is 0. The third kappa shape index (κ3) is 2.94. The van der Waals surface area contributed by atoms with E-state index in [9.17, 15) is 4.79 Å². The van der Waals surface area contributed by atoms with Crippen molar-refractivity contribution in [3.63, 3.8) is 0 Å². The molecule has 0 spiro atoms. The van der Waals surface area contributed by atoms with Crippen molar-refractivity contribution < 1.29 is 9.90 Å². The van der Waals surface area contributed by atoms with Crippen LogP contribution in [-0.4, -0.2) is 26.0 Å². The van der Waals surface area contributed by atoms with Crippen molar-refractivity contribution in [2.45, 2.75) is 6.92 Å². The lowest BCUT2D eigenvalue weighted by Gasteiger charge is -1.80. The number of H-pyrrole nitrogens is 1. The van der Waals surface area contributed by atoms with Crippen LogP contribution in [0.15, 0.2) is 17.3 Å². The smallest absolute Gasteiger partial charge is 0.307 e. The van der Waals surface area contributed by atoms with Crippen LogP contribution in [0.5, 0.6) is 0 Å². The highest BCUT2D eigenvalue weighted by Crippen LogP contribution is 2.06. The van der Waals surface area contributed by atoms with E-state index in [1.807, 2.05) is 0 Å². The largest absolute Gasteiger partial charge is 0.481 e. The van der Waals surface area contributed by atoms with Crippen molar-refractivity contribution in [3.8, 4) is 0 Å². The van der Waals surface area contributed by atoms with Crippen LogP contribution in [0.4, 0.5) is 0 Å². The number of carboxylic acids is 1. The number of aliphatic carboxylic acids is 1. The fourth-order valence-electron chi connectivity index (χ4n) is 0.709. The van der Waals surface area contributed by atoms with Crippen LogP contribution in [0.1, 0.15) is 6.92 Å². The second kappa shape index (κ2) is 4.47. The number of rotatable bonds is 0. The van der Waals surface area contributed by atoms with Crippen molar-refractivity contribution in [2.75, 3.05) is 0 Å². The Bertz CT molecular complexity index is 450. The molecule has 2 aromatic rings. The van der Waals surface area contributed by atoms with Crippen molar-refractivity contribution in [1.29, 1.82) is 0 Å². The van der Waals surface area contributed by atoms with Gasteiger partial charge in [0.05, 0.1) is 11.7 Å². The third-order valence-corrected chi connectivity index (χ3v) is 1.91. The van der Waals surface area contributed by atoms with Crippen LogP contribution in [-0.2, 0) is 4.79 Å². The molecule has 0 atom stereocenters. The van der Waals surface area contributed by atoms with Gasteiger partial charge < -0.3 is 10.1 Å². The zero-order chi connectivity index (χ0) is 10.6. The molecule has 2 heterocycles. The van der Waals surface area contributed by atoms with Gasteiger partial charge in [-0.05, 0) is 0 Å². The fraction of sp³-hybridized carbons (Fsp3) is 0.143. The Labute approximate surface area is 82.3 Å². The number of hydrogen-bond acceptors (Lipinski definition) is 5. The summed E-state index contributed by atoms with van der Waals surface area (Å²) in [6.45, 7) is 1.08. The molecule has 0 aliphatic carbocycles. The first kappa shape index (κ1) is 10.3.